The fourth-order valence-corrected chi connectivity index (χ4v) is 3.50. The van der Waals surface area contributed by atoms with Gasteiger partial charge in [-0.25, -0.2) is 14.0 Å². The third-order valence-corrected chi connectivity index (χ3v) is 5.15. The fourth-order valence-electron chi connectivity index (χ4n) is 2.35. The average Bonchev–Trinajstić information content (AvgIpc) is 3.19. The van der Waals surface area contributed by atoms with E-state index >= 15 is 0 Å². The first-order valence-electron chi connectivity index (χ1n) is 8.14. The monoisotopic (exact) mass is 537 g/mol. The zero-order chi connectivity index (χ0) is 21.3. The molecule has 2 heterocycles. The smallest absolute Gasteiger partial charge is 0.245 e. The summed E-state index contributed by atoms with van der Waals surface area (Å²) >= 11 is 6.28. The summed E-state index contributed by atoms with van der Waals surface area (Å²) in [7, 11) is 0. The van der Waals surface area contributed by atoms with E-state index in [-0.39, 0.29) is 44.7 Å². The lowest BCUT2D eigenvalue weighted by Crippen LogP contribution is -2.03. The molecular formula is C17H10Br2FN7O3. The number of aromatic nitrogens is 4. The molecule has 13 heteroatoms. The number of hydrazone groups is 1. The number of fused-ring (bicyclic) bond motifs is 1. The van der Waals surface area contributed by atoms with E-state index in [2.05, 4.69) is 72.6 Å². The van der Waals surface area contributed by atoms with E-state index in [0.29, 0.717) is 15.7 Å². The normalized spacial score (nSPS) is 11.3. The van der Waals surface area contributed by atoms with Crippen molar-refractivity contribution in [2.24, 2.45) is 5.10 Å². The van der Waals surface area contributed by atoms with Gasteiger partial charge in [-0.2, -0.15) is 10.1 Å². The first kappa shape index (κ1) is 20.0. The fraction of sp³-hybridized carbons (Fsp3) is 0. The molecule has 2 aromatic carbocycles. The highest BCUT2D eigenvalue weighted by Gasteiger charge is 2.14. The SMILES string of the molecule is Oc1c(Br)cc(/C=N/Nc2nc3nonc3nc2Nc2ccc(F)cc2)c(O)c1Br. The quantitative estimate of drug-likeness (QED) is 0.216. The number of benzene rings is 2. The van der Waals surface area contributed by atoms with Gasteiger partial charge in [-0.15, -0.1) is 0 Å². The van der Waals surface area contributed by atoms with Crippen LogP contribution >= 0.6 is 31.9 Å². The van der Waals surface area contributed by atoms with E-state index in [1.807, 2.05) is 0 Å². The van der Waals surface area contributed by atoms with Crippen LogP contribution in [0.15, 0.2) is 49.0 Å². The Balaban J connectivity index is 1.65. The van der Waals surface area contributed by atoms with Crippen molar-refractivity contribution >= 4 is 66.7 Å². The molecule has 0 saturated heterocycles. The second-order valence-corrected chi connectivity index (χ2v) is 7.44. The topological polar surface area (TPSA) is 142 Å². The van der Waals surface area contributed by atoms with Crippen LogP contribution in [-0.2, 0) is 0 Å². The van der Waals surface area contributed by atoms with Crippen molar-refractivity contribution in [3.63, 3.8) is 0 Å². The van der Waals surface area contributed by atoms with Crippen molar-refractivity contribution in [3.8, 4) is 11.5 Å². The summed E-state index contributed by atoms with van der Waals surface area (Å²) in [4.78, 5) is 8.51. The molecule has 30 heavy (non-hydrogen) atoms. The minimum atomic E-state index is -0.378. The van der Waals surface area contributed by atoms with Crippen LogP contribution < -0.4 is 10.7 Å². The van der Waals surface area contributed by atoms with Crippen molar-refractivity contribution in [1.82, 2.24) is 20.3 Å². The van der Waals surface area contributed by atoms with Crippen LogP contribution in [0.1, 0.15) is 5.56 Å². The van der Waals surface area contributed by atoms with E-state index in [1.54, 1.807) is 0 Å². The first-order chi connectivity index (χ1) is 14.4. The van der Waals surface area contributed by atoms with Gasteiger partial charge in [-0.3, -0.25) is 5.43 Å². The molecule has 0 amide bonds. The second kappa shape index (κ2) is 8.20. The van der Waals surface area contributed by atoms with Gasteiger partial charge >= 0.3 is 0 Å². The Morgan fingerprint density at radius 3 is 2.37 bits per heavy atom. The molecule has 0 aliphatic heterocycles. The van der Waals surface area contributed by atoms with Crippen LogP contribution in [0, 0.1) is 5.82 Å². The largest absolute Gasteiger partial charge is 0.506 e. The molecule has 0 fully saturated rings. The molecular weight excluding hydrogens is 529 g/mol. The molecule has 2 aromatic heterocycles. The number of rotatable bonds is 5. The van der Waals surface area contributed by atoms with E-state index in [4.69, 9.17) is 0 Å². The first-order valence-corrected chi connectivity index (χ1v) is 9.73. The summed E-state index contributed by atoms with van der Waals surface area (Å²) in [6.45, 7) is 0. The van der Waals surface area contributed by atoms with Crippen LogP contribution in [0.25, 0.3) is 11.3 Å². The van der Waals surface area contributed by atoms with Gasteiger partial charge in [-0.1, -0.05) is 0 Å². The number of anilines is 3. The Kier molecular flexibility index (Phi) is 5.46. The summed E-state index contributed by atoms with van der Waals surface area (Å²) in [6, 6.07) is 7.12. The maximum absolute atomic E-state index is 13.2. The summed E-state index contributed by atoms with van der Waals surface area (Å²) in [5.74, 6) is -0.308. The highest BCUT2D eigenvalue weighted by atomic mass is 79.9. The Labute approximate surface area is 184 Å². The van der Waals surface area contributed by atoms with Crippen molar-refractivity contribution in [1.29, 1.82) is 0 Å². The van der Waals surface area contributed by atoms with E-state index in [0.717, 1.165) is 0 Å². The van der Waals surface area contributed by atoms with Crippen LogP contribution in [-0.4, -0.2) is 36.7 Å². The van der Waals surface area contributed by atoms with Crippen molar-refractivity contribution < 1.29 is 19.2 Å². The third kappa shape index (κ3) is 4.02. The van der Waals surface area contributed by atoms with E-state index < -0.39 is 0 Å². The van der Waals surface area contributed by atoms with Gasteiger partial charge in [0, 0.05) is 11.3 Å². The highest BCUT2D eigenvalue weighted by Crippen LogP contribution is 2.40. The van der Waals surface area contributed by atoms with Crippen LogP contribution in [0.4, 0.5) is 21.7 Å². The van der Waals surface area contributed by atoms with Gasteiger partial charge in [-0.05, 0) is 72.5 Å². The molecule has 0 bridgehead atoms. The summed E-state index contributed by atoms with van der Waals surface area (Å²) in [5, 5.41) is 34.3. The number of hydrogen-bond acceptors (Lipinski definition) is 10. The van der Waals surface area contributed by atoms with Crippen molar-refractivity contribution in [3.05, 3.63) is 50.7 Å². The number of hydrogen-bond donors (Lipinski definition) is 4. The summed E-state index contributed by atoms with van der Waals surface area (Å²) in [5.41, 5.74) is 3.88. The Morgan fingerprint density at radius 1 is 1.00 bits per heavy atom. The molecule has 152 valence electrons. The molecule has 0 aliphatic rings. The van der Waals surface area contributed by atoms with E-state index in [1.165, 1.54) is 36.5 Å². The predicted molar refractivity (Wildman–Crippen MR) is 113 cm³/mol. The lowest BCUT2D eigenvalue weighted by Gasteiger charge is -2.09. The molecule has 4 rings (SSSR count). The molecule has 0 unspecified atom stereocenters. The van der Waals surface area contributed by atoms with Gasteiger partial charge in [0.1, 0.15) is 21.8 Å². The maximum Gasteiger partial charge on any atom is 0.245 e. The number of phenols is 2. The molecule has 4 N–H and O–H groups in total. The number of halogens is 3. The standard InChI is InChI=1S/C17H10Br2FN7O3/c18-10-5-7(12(28)11(19)13(10)29)6-21-25-15-14(22-9-3-1-8(20)2-4-9)23-16-17(24-15)27-30-26-16/h1-6,28-29H,(H,22,23,26)(H,24,25,27)/b21-6+. The molecule has 0 saturated carbocycles. The molecule has 0 spiro atoms. The lowest BCUT2D eigenvalue weighted by molar-refractivity contribution is 0.314. The molecule has 0 radical (unpaired) electrons. The third-order valence-electron chi connectivity index (χ3n) is 3.79. The van der Waals surface area contributed by atoms with Gasteiger partial charge < -0.3 is 15.5 Å². The lowest BCUT2D eigenvalue weighted by atomic mass is 10.2. The van der Waals surface area contributed by atoms with Gasteiger partial charge in [0.15, 0.2) is 11.6 Å². The minimum Gasteiger partial charge on any atom is -0.506 e. The zero-order valence-corrected chi connectivity index (χ0v) is 17.8. The van der Waals surface area contributed by atoms with Crippen LogP contribution in [0.5, 0.6) is 11.5 Å². The number of aromatic hydroxyl groups is 2. The Morgan fingerprint density at radius 2 is 1.67 bits per heavy atom. The van der Waals surface area contributed by atoms with Gasteiger partial charge in [0.05, 0.1) is 10.7 Å². The Bertz CT molecular complexity index is 1260. The number of phenolic OH excluding ortho intramolecular Hbond substituents is 2. The molecule has 4 aromatic rings. The zero-order valence-electron chi connectivity index (χ0n) is 14.6. The average molecular weight is 539 g/mol. The Hall–Kier alpha value is -3.32. The minimum absolute atomic E-state index is 0.117. The molecule has 0 aliphatic carbocycles. The highest BCUT2D eigenvalue weighted by molar-refractivity contribution is 9.11. The summed E-state index contributed by atoms with van der Waals surface area (Å²) in [6.07, 6.45) is 1.32. The predicted octanol–water partition coefficient (Wildman–Crippen LogP) is 4.28. The number of nitrogens with zero attached hydrogens (tertiary/aromatic N) is 5. The van der Waals surface area contributed by atoms with Crippen LogP contribution in [0.2, 0.25) is 0 Å². The molecule has 0 atom stereocenters. The molecule has 10 nitrogen and oxygen atoms in total. The van der Waals surface area contributed by atoms with Gasteiger partial charge in [0.25, 0.3) is 0 Å². The maximum atomic E-state index is 13.2. The summed E-state index contributed by atoms with van der Waals surface area (Å²) < 4.78 is 18.3. The van der Waals surface area contributed by atoms with Crippen molar-refractivity contribution in [2.75, 3.05) is 10.7 Å². The van der Waals surface area contributed by atoms with Gasteiger partial charge in [0.2, 0.25) is 11.3 Å². The second-order valence-electron chi connectivity index (χ2n) is 5.79. The van der Waals surface area contributed by atoms with Crippen LogP contribution in [0.3, 0.4) is 0 Å². The number of nitrogens with one attached hydrogen (secondary N) is 2. The van der Waals surface area contributed by atoms with Crippen molar-refractivity contribution in [2.45, 2.75) is 0 Å². The van der Waals surface area contributed by atoms with E-state index in [9.17, 15) is 14.6 Å².